The van der Waals surface area contributed by atoms with Gasteiger partial charge in [0.15, 0.2) is 0 Å². The number of nitrogens with zero attached hydrogens (tertiary/aromatic N) is 3. The van der Waals surface area contributed by atoms with E-state index >= 15 is 0 Å². The summed E-state index contributed by atoms with van der Waals surface area (Å²) in [6.45, 7) is 2.01. The zero-order valence-electron chi connectivity index (χ0n) is 10.3. The maximum Gasteiger partial charge on any atom is 0.112 e. The smallest absolute Gasteiger partial charge is 0.112 e. The Morgan fingerprint density at radius 2 is 2.29 bits per heavy atom. The predicted octanol–water partition coefficient (Wildman–Crippen LogP) is 1.80. The first-order valence-corrected chi connectivity index (χ1v) is 5.97. The number of rotatable bonds is 2. The molecule has 0 bridgehead atoms. The third kappa shape index (κ3) is 1.69. The van der Waals surface area contributed by atoms with Crippen molar-refractivity contribution < 1.29 is 4.74 Å². The molecule has 1 aliphatic heterocycles. The Bertz CT molecular complexity index is 534. The average molecular weight is 231 g/mol. The summed E-state index contributed by atoms with van der Waals surface area (Å²) < 4.78 is 7.47. The van der Waals surface area contributed by atoms with Crippen molar-refractivity contribution in [1.82, 2.24) is 9.55 Å². The number of anilines is 1. The zero-order chi connectivity index (χ0) is 11.8. The first kappa shape index (κ1) is 10.6. The summed E-state index contributed by atoms with van der Waals surface area (Å²) in [5.74, 6) is 0. The number of aryl methyl sites for hydroxylation is 1. The van der Waals surface area contributed by atoms with E-state index in [1.165, 1.54) is 11.2 Å². The average Bonchev–Trinajstić information content (AvgIpc) is 2.96. The van der Waals surface area contributed by atoms with Crippen molar-refractivity contribution in [2.75, 3.05) is 25.1 Å². The monoisotopic (exact) mass is 231 g/mol. The summed E-state index contributed by atoms with van der Waals surface area (Å²) in [5.41, 5.74) is 3.50. The highest BCUT2D eigenvalue weighted by atomic mass is 16.5. The second kappa shape index (κ2) is 4.04. The van der Waals surface area contributed by atoms with E-state index < -0.39 is 0 Å². The van der Waals surface area contributed by atoms with Gasteiger partial charge in [0, 0.05) is 27.2 Å². The molecule has 1 aromatic carbocycles. The largest absolute Gasteiger partial charge is 0.380 e. The minimum absolute atomic E-state index is 0.356. The van der Waals surface area contributed by atoms with E-state index in [1.807, 2.05) is 13.4 Å². The molecule has 2 heterocycles. The molecule has 3 rings (SSSR count). The molecule has 0 saturated carbocycles. The SMILES string of the molecule is CO[C@@H]1CCN(c2cccc3c2ncn3C)C1. The molecule has 2 aromatic rings. The molecule has 0 unspecified atom stereocenters. The Morgan fingerprint density at radius 1 is 1.41 bits per heavy atom. The lowest BCUT2D eigenvalue weighted by molar-refractivity contribution is 0.121. The van der Waals surface area contributed by atoms with Crippen molar-refractivity contribution in [1.29, 1.82) is 0 Å². The highest BCUT2D eigenvalue weighted by Crippen LogP contribution is 2.28. The van der Waals surface area contributed by atoms with Gasteiger partial charge in [0.1, 0.15) is 5.52 Å². The molecule has 1 saturated heterocycles. The van der Waals surface area contributed by atoms with Crippen LogP contribution >= 0.6 is 0 Å². The van der Waals surface area contributed by atoms with Crippen LogP contribution in [0.3, 0.4) is 0 Å². The van der Waals surface area contributed by atoms with Gasteiger partial charge < -0.3 is 14.2 Å². The number of ether oxygens (including phenoxy) is 1. The Hall–Kier alpha value is -1.55. The zero-order valence-corrected chi connectivity index (χ0v) is 10.3. The van der Waals surface area contributed by atoms with Gasteiger partial charge in [0.05, 0.1) is 23.6 Å². The minimum atomic E-state index is 0.356. The first-order valence-electron chi connectivity index (χ1n) is 5.97. The number of benzene rings is 1. The Labute approximate surface area is 101 Å². The van der Waals surface area contributed by atoms with Crippen LogP contribution in [0.5, 0.6) is 0 Å². The van der Waals surface area contributed by atoms with Crippen molar-refractivity contribution >= 4 is 16.7 Å². The summed E-state index contributed by atoms with van der Waals surface area (Å²) in [6, 6.07) is 6.35. The van der Waals surface area contributed by atoms with Gasteiger partial charge in [-0.1, -0.05) is 6.07 Å². The van der Waals surface area contributed by atoms with Crippen LogP contribution in [0.15, 0.2) is 24.5 Å². The summed E-state index contributed by atoms with van der Waals surface area (Å²) >= 11 is 0. The maximum absolute atomic E-state index is 5.41. The minimum Gasteiger partial charge on any atom is -0.380 e. The van der Waals surface area contributed by atoms with Crippen molar-refractivity contribution in [3.05, 3.63) is 24.5 Å². The van der Waals surface area contributed by atoms with E-state index in [2.05, 4.69) is 32.7 Å². The van der Waals surface area contributed by atoms with Crippen LogP contribution in [0, 0.1) is 0 Å². The van der Waals surface area contributed by atoms with Crippen LogP contribution in [-0.2, 0) is 11.8 Å². The van der Waals surface area contributed by atoms with Crippen LogP contribution in [0.1, 0.15) is 6.42 Å². The summed E-state index contributed by atoms with van der Waals surface area (Å²) in [7, 11) is 3.82. The quantitative estimate of drug-likeness (QED) is 0.789. The first-order chi connectivity index (χ1) is 8.29. The molecule has 0 spiro atoms. The van der Waals surface area contributed by atoms with Gasteiger partial charge >= 0.3 is 0 Å². The molecule has 1 aliphatic rings. The Balaban J connectivity index is 2.00. The number of hydrogen-bond acceptors (Lipinski definition) is 3. The number of para-hydroxylation sites is 1. The standard InChI is InChI=1S/C13H17N3O/c1-15-9-14-13-11(15)4-3-5-12(13)16-7-6-10(8-16)17-2/h3-5,9-10H,6-8H2,1-2H3/t10-/m1/s1. The highest BCUT2D eigenvalue weighted by molar-refractivity contribution is 5.89. The molecule has 0 amide bonds. The summed E-state index contributed by atoms with van der Waals surface area (Å²) in [6.07, 6.45) is 3.33. The lowest BCUT2D eigenvalue weighted by Gasteiger charge is -2.18. The molecule has 0 aliphatic carbocycles. The number of aromatic nitrogens is 2. The highest BCUT2D eigenvalue weighted by Gasteiger charge is 2.24. The number of fused-ring (bicyclic) bond motifs is 1. The molecule has 0 N–H and O–H groups in total. The fraction of sp³-hybridized carbons (Fsp3) is 0.462. The molecule has 1 fully saturated rings. The number of hydrogen-bond donors (Lipinski definition) is 0. The van der Waals surface area contributed by atoms with Gasteiger partial charge in [0.25, 0.3) is 0 Å². The predicted molar refractivity (Wildman–Crippen MR) is 68.3 cm³/mol. The normalized spacial score (nSPS) is 20.4. The second-order valence-corrected chi connectivity index (χ2v) is 4.59. The summed E-state index contributed by atoms with van der Waals surface area (Å²) in [5, 5.41) is 0. The third-order valence-corrected chi connectivity index (χ3v) is 3.55. The van der Waals surface area contributed by atoms with Crippen LogP contribution in [0.25, 0.3) is 11.0 Å². The van der Waals surface area contributed by atoms with Crippen LogP contribution in [-0.4, -0.2) is 35.9 Å². The topological polar surface area (TPSA) is 30.3 Å². The van der Waals surface area contributed by atoms with Crippen LogP contribution < -0.4 is 4.90 Å². The van der Waals surface area contributed by atoms with E-state index in [0.717, 1.165) is 25.0 Å². The van der Waals surface area contributed by atoms with Gasteiger partial charge in [0.2, 0.25) is 0 Å². The van der Waals surface area contributed by atoms with Crippen LogP contribution in [0.4, 0.5) is 5.69 Å². The molecule has 4 nitrogen and oxygen atoms in total. The van der Waals surface area contributed by atoms with E-state index in [-0.39, 0.29) is 0 Å². The fourth-order valence-corrected chi connectivity index (χ4v) is 2.54. The third-order valence-electron chi connectivity index (χ3n) is 3.55. The van der Waals surface area contributed by atoms with Crippen molar-refractivity contribution in [2.24, 2.45) is 7.05 Å². The number of imidazole rings is 1. The second-order valence-electron chi connectivity index (χ2n) is 4.59. The molecule has 1 atom stereocenters. The number of methoxy groups -OCH3 is 1. The molecular weight excluding hydrogens is 214 g/mol. The van der Waals surface area contributed by atoms with Gasteiger partial charge in [-0.15, -0.1) is 0 Å². The Morgan fingerprint density at radius 3 is 3.06 bits per heavy atom. The van der Waals surface area contributed by atoms with E-state index in [0.29, 0.717) is 6.10 Å². The van der Waals surface area contributed by atoms with Gasteiger partial charge in [-0.25, -0.2) is 4.98 Å². The lowest BCUT2D eigenvalue weighted by Crippen LogP contribution is -2.22. The van der Waals surface area contributed by atoms with Crippen molar-refractivity contribution in [2.45, 2.75) is 12.5 Å². The van der Waals surface area contributed by atoms with Crippen LogP contribution in [0.2, 0.25) is 0 Å². The van der Waals surface area contributed by atoms with E-state index in [1.54, 1.807) is 7.11 Å². The van der Waals surface area contributed by atoms with E-state index in [9.17, 15) is 0 Å². The maximum atomic E-state index is 5.41. The van der Waals surface area contributed by atoms with Gasteiger partial charge in [-0.3, -0.25) is 0 Å². The van der Waals surface area contributed by atoms with Crippen molar-refractivity contribution in [3.63, 3.8) is 0 Å². The fourth-order valence-electron chi connectivity index (χ4n) is 2.54. The molecule has 1 aromatic heterocycles. The molecule has 0 radical (unpaired) electrons. The van der Waals surface area contributed by atoms with Gasteiger partial charge in [-0.2, -0.15) is 0 Å². The lowest BCUT2D eigenvalue weighted by atomic mass is 10.2. The van der Waals surface area contributed by atoms with E-state index in [4.69, 9.17) is 4.74 Å². The molecular formula is C13H17N3O. The molecule has 4 heteroatoms. The Kier molecular flexibility index (Phi) is 2.52. The molecule has 90 valence electrons. The molecule has 17 heavy (non-hydrogen) atoms. The summed E-state index contributed by atoms with van der Waals surface area (Å²) in [4.78, 5) is 6.86. The van der Waals surface area contributed by atoms with Crippen molar-refractivity contribution in [3.8, 4) is 0 Å². The van der Waals surface area contributed by atoms with Gasteiger partial charge in [-0.05, 0) is 18.6 Å².